The summed E-state index contributed by atoms with van der Waals surface area (Å²) < 4.78 is 6.14. The Morgan fingerprint density at radius 2 is 1.81 bits per heavy atom. The molecule has 0 heterocycles. The molecular weight excluding hydrogens is 260 g/mol. The third-order valence-electron chi connectivity index (χ3n) is 5.15. The lowest BCUT2D eigenvalue weighted by Gasteiger charge is -2.38. The van der Waals surface area contributed by atoms with Crippen LogP contribution in [0.3, 0.4) is 0 Å². The molecule has 1 N–H and O–H groups in total. The second kappa shape index (κ2) is 7.42. The van der Waals surface area contributed by atoms with Crippen molar-refractivity contribution in [3.05, 3.63) is 35.4 Å². The van der Waals surface area contributed by atoms with Gasteiger partial charge in [0, 0.05) is 5.56 Å². The topological polar surface area (TPSA) is 29.5 Å². The third-order valence-corrected chi connectivity index (χ3v) is 5.15. The largest absolute Gasteiger partial charge is 0.364 e. The standard InChI is InChI=1S/C19H30O2/c1-4-15(3)16-10-9-11-17(14-16)18(20)21-19(5-2)12-7-6-8-13-19/h9-11,14-15,18,20H,4-8,12-13H2,1-3H3. The first-order valence-corrected chi connectivity index (χ1v) is 8.56. The van der Waals surface area contributed by atoms with Crippen molar-refractivity contribution >= 4 is 0 Å². The third kappa shape index (κ3) is 4.08. The van der Waals surface area contributed by atoms with Crippen molar-refractivity contribution in [3.63, 3.8) is 0 Å². The number of hydrogen-bond donors (Lipinski definition) is 1. The van der Waals surface area contributed by atoms with Gasteiger partial charge in [-0.15, -0.1) is 0 Å². The lowest BCUT2D eigenvalue weighted by Crippen LogP contribution is -2.35. The van der Waals surface area contributed by atoms with Gasteiger partial charge in [0.1, 0.15) is 0 Å². The molecule has 1 aliphatic rings. The van der Waals surface area contributed by atoms with Gasteiger partial charge in [-0.05, 0) is 37.2 Å². The van der Waals surface area contributed by atoms with Crippen LogP contribution in [0.4, 0.5) is 0 Å². The monoisotopic (exact) mass is 290 g/mol. The van der Waals surface area contributed by atoms with Crippen molar-refractivity contribution < 1.29 is 9.84 Å². The molecule has 2 unspecified atom stereocenters. The molecule has 0 radical (unpaired) electrons. The minimum Gasteiger partial charge on any atom is -0.364 e. The molecule has 2 atom stereocenters. The van der Waals surface area contributed by atoms with E-state index in [0.29, 0.717) is 5.92 Å². The van der Waals surface area contributed by atoms with Crippen LogP contribution in [0.1, 0.15) is 89.1 Å². The summed E-state index contributed by atoms with van der Waals surface area (Å²) in [5, 5.41) is 10.5. The van der Waals surface area contributed by atoms with Gasteiger partial charge in [0.15, 0.2) is 6.29 Å². The number of rotatable bonds is 6. The fraction of sp³-hybridized carbons (Fsp3) is 0.684. The van der Waals surface area contributed by atoms with Gasteiger partial charge in [0.05, 0.1) is 5.60 Å². The van der Waals surface area contributed by atoms with E-state index in [1.54, 1.807) is 0 Å². The fourth-order valence-electron chi connectivity index (χ4n) is 3.31. The van der Waals surface area contributed by atoms with Crippen molar-refractivity contribution in [2.24, 2.45) is 0 Å². The number of aliphatic hydroxyl groups excluding tert-OH is 1. The van der Waals surface area contributed by atoms with E-state index in [9.17, 15) is 5.11 Å². The van der Waals surface area contributed by atoms with Crippen molar-refractivity contribution in [1.29, 1.82) is 0 Å². The summed E-state index contributed by atoms with van der Waals surface area (Å²) in [5.74, 6) is 0.520. The van der Waals surface area contributed by atoms with E-state index in [1.165, 1.54) is 24.8 Å². The maximum absolute atomic E-state index is 10.5. The molecule has 2 nitrogen and oxygen atoms in total. The Bertz CT molecular complexity index is 435. The second-order valence-electron chi connectivity index (χ2n) is 6.55. The van der Waals surface area contributed by atoms with E-state index in [2.05, 4.69) is 32.9 Å². The quantitative estimate of drug-likeness (QED) is 0.718. The smallest absolute Gasteiger partial charge is 0.181 e. The highest BCUT2D eigenvalue weighted by Crippen LogP contribution is 2.38. The highest BCUT2D eigenvalue weighted by Gasteiger charge is 2.33. The minimum absolute atomic E-state index is 0.121. The Morgan fingerprint density at radius 3 is 2.43 bits per heavy atom. The summed E-state index contributed by atoms with van der Waals surface area (Å²) in [6.45, 7) is 6.59. The zero-order chi connectivity index (χ0) is 15.3. The van der Waals surface area contributed by atoms with Crippen molar-refractivity contribution in [2.75, 3.05) is 0 Å². The van der Waals surface area contributed by atoms with Gasteiger partial charge in [-0.1, -0.05) is 64.3 Å². The van der Waals surface area contributed by atoms with Crippen LogP contribution in [-0.4, -0.2) is 10.7 Å². The Balaban J connectivity index is 2.10. The average molecular weight is 290 g/mol. The maximum Gasteiger partial charge on any atom is 0.181 e. The summed E-state index contributed by atoms with van der Waals surface area (Å²) in [6.07, 6.45) is 7.17. The molecule has 118 valence electrons. The molecule has 0 spiro atoms. The van der Waals surface area contributed by atoms with E-state index in [0.717, 1.165) is 31.2 Å². The van der Waals surface area contributed by atoms with E-state index in [-0.39, 0.29) is 5.60 Å². The number of benzene rings is 1. The molecule has 21 heavy (non-hydrogen) atoms. The zero-order valence-corrected chi connectivity index (χ0v) is 13.8. The molecule has 2 heteroatoms. The first-order chi connectivity index (χ1) is 10.1. The van der Waals surface area contributed by atoms with E-state index >= 15 is 0 Å². The fourth-order valence-corrected chi connectivity index (χ4v) is 3.31. The van der Waals surface area contributed by atoms with E-state index in [1.807, 2.05) is 12.1 Å². The molecule has 0 bridgehead atoms. The first kappa shape index (κ1) is 16.5. The molecule has 0 amide bonds. The van der Waals surface area contributed by atoms with Crippen molar-refractivity contribution in [2.45, 2.75) is 83.5 Å². The van der Waals surface area contributed by atoms with Crippen molar-refractivity contribution in [1.82, 2.24) is 0 Å². The predicted octanol–water partition coefficient (Wildman–Crippen LogP) is 5.32. The Labute approximate surface area is 129 Å². The first-order valence-electron chi connectivity index (χ1n) is 8.56. The summed E-state index contributed by atoms with van der Waals surface area (Å²) in [5.41, 5.74) is 2.06. The minimum atomic E-state index is -0.799. The molecule has 1 aliphatic carbocycles. The van der Waals surface area contributed by atoms with Crippen LogP contribution in [0.25, 0.3) is 0 Å². The molecule has 0 aliphatic heterocycles. The van der Waals surface area contributed by atoms with E-state index < -0.39 is 6.29 Å². The van der Waals surface area contributed by atoms with Gasteiger partial charge < -0.3 is 9.84 Å². The van der Waals surface area contributed by atoms with Crippen LogP contribution in [0, 0.1) is 0 Å². The Morgan fingerprint density at radius 1 is 1.14 bits per heavy atom. The summed E-state index contributed by atoms with van der Waals surface area (Å²) >= 11 is 0. The molecule has 0 aromatic heterocycles. The van der Waals surface area contributed by atoms with Crippen LogP contribution in [0.5, 0.6) is 0 Å². The predicted molar refractivity (Wildman–Crippen MR) is 87.3 cm³/mol. The normalized spacial score (nSPS) is 21.0. The molecule has 1 aromatic carbocycles. The highest BCUT2D eigenvalue weighted by atomic mass is 16.6. The number of ether oxygens (including phenoxy) is 1. The van der Waals surface area contributed by atoms with Gasteiger partial charge in [0.2, 0.25) is 0 Å². The average Bonchev–Trinajstić information content (AvgIpc) is 2.55. The van der Waals surface area contributed by atoms with Gasteiger partial charge in [0.25, 0.3) is 0 Å². The molecular formula is C19H30O2. The van der Waals surface area contributed by atoms with Crippen LogP contribution in [0.15, 0.2) is 24.3 Å². The van der Waals surface area contributed by atoms with Crippen LogP contribution in [0.2, 0.25) is 0 Å². The maximum atomic E-state index is 10.5. The molecule has 0 saturated heterocycles. The van der Waals surface area contributed by atoms with Crippen molar-refractivity contribution in [3.8, 4) is 0 Å². The number of hydrogen-bond acceptors (Lipinski definition) is 2. The zero-order valence-electron chi connectivity index (χ0n) is 13.8. The van der Waals surface area contributed by atoms with Gasteiger partial charge in [-0.2, -0.15) is 0 Å². The van der Waals surface area contributed by atoms with Crippen LogP contribution < -0.4 is 0 Å². The highest BCUT2D eigenvalue weighted by molar-refractivity contribution is 5.26. The molecule has 1 aromatic rings. The Hall–Kier alpha value is -0.860. The van der Waals surface area contributed by atoms with Crippen LogP contribution in [-0.2, 0) is 4.74 Å². The number of aliphatic hydroxyl groups is 1. The van der Waals surface area contributed by atoms with Gasteiger partial charge in [-0.25, -0.2) is 0 Å². The Kier molecular flexibility index (Phi) is 5.83. The summed E-state index contributed by atoms with van der Waals surface area (Å²) in [7, 11) is 0. The van der Waals surface area contributed by atoms with Crippen LogP contribution >= 0.6 is 0 Å². The molecule has 1 fully saturated rings. The molecule has 2 rings (SSSR count). The summed E-state index contributed by atoms with van der Waals surface area (Å²) in [4.78, 5) is 0. The SMILES string of the molecule is CCC(C)c1cccc(C(O)OC2(CC)CCCCC2)c1. The summed E-state index contributed by atoms with van der Waals surface area (Å²) in [6, 6.07) is 8.25. The van der Waals surface area contributed by atoms with Gasteiger partial charge >= 0.3 is 0 Å². The van der Waals surface area contributed by atoms with E-state index in [4.69, 9.17) is 4.74 Å². The van der Waals surface area contributed by atoms with Gasteiger partial charge in [-0.3, -0.25) is 0 Å². The lowest BCUT2D eigenvalue weighted by molar-refractivity contribution is -0.202. The lowest BCUT2D eigenvalue weighted by atomic mass is 9.82. The molecule has 1 saturated carbocycles. The second-order valence-corrected chi connectivity index (χ2v) is 6.55.